The number of piperidine rings is 1. The van der Waals surface area contributed by atoms with Crippen LogP contribution in [-0.4, -0.2) is 40.1 Å². The van der Waals surface area contributed by atoms with Gasteiger partial charge in [-0.25, -0.2) is 0 Å². The fraction of sp³-hybridized carbons (Fsp3) is 0.350. The van der Waals surface area contributed by atoms with Gasteiger partial charge >= 0.3 is 11.8 Å². The first-order chi connectivity index (χ1) is 14.2. The van der Waals surface area contributed by atoms with E-state index in [4.69, 9.17) is 5.73 Å². The van der Waals surface area contributed by atoms with E-state index in [1.165, 1.54) is 36.7 Å². The summed E-state index contributed by atoms with van der Waals surface area (Å²) in [5.41, 5.74) is 5.58. The van der Waals surface area contributed by atoms with E-state index in [0.717, 1.165) is 17.7 Å². The average Bonchev–Trinajstić information content (AvgIpc) is 3.14. The molecule has 2 unspecified atom stereocenters. The van der Waals surface area contributed by atoms with Gasteiger partial charge in [0, 0.05) is 24.5 Å². The molecule has 4 amide bonds. The predicted molar refractivity (Wildman–Crippen MR) is 113 cm³/mol. The van der Waals surface area contributed by atoms with Gasteiger partial charge < -0.3 is 21.3 Å². The number of aromatic nitrogens is 1. The minimum atomic E-state index is -0.809. The number of hydrogen-bond acceptors (Lipinski definition) is 6. The summed E-state index contributed by atoms with van der Waals surface area (Å²) in [6, 6.07) is 4.79. The van der Waals surface area contributed by atoms with Crippen LogP contribution in [0.5, 0.6) is 0 Å². The zero-order valence-corrected chi connectivity index (χ0v) is 17.5. The van der Waals surface area contributed by atoms with E-state index >= 15 is 0 Å². The number of primary amides is 1. The Morgan fingerprint density at radius 1 is 1.17 bits per heavy atom. The van der Waals surface area contributed by atoms with Gasteiger partial charge in [-0.15, -0.1) is 11.3 Å². The lowest BCUT2D eigenvalue weighted by atomic mass is 9.93. The molecule has 0 saturated carbocycles. The van der Waals surface area contributed by atoms with E-state index < -0.39 is 17.7 Å². The Balaban J connectivity index is 1.77. The highest BCUT2D eigenvalue weighted by molar-refractivity contribution is 7.16. The van der Waals surface area contributed by atoms with Crippen molar-refractivity contribution in [1.82, 2.24) is 9.88 Å². The van der Waals surface area contributed by atoms with Crippen molar-refractivity contribution in [2.75, 3.05) is 17.2 Å². The third kappa shape index (κ3) is 5.01. The van der Waals surface area contributed by atoms with Crippen LogP contribution in [0.1, 0.15) is 48.0 Å². The molecule has 10 heteroatoms. The van der Waals surface area contributed by atoms with Crippen LogP contribution in [0.4, 0.5) is 10.7 Å². The van der Waals surface area contributed by atoms with Gasteiger partial charge in [0.1, 0.15) is 0 Å². The van der Waals surface area contributed by atoms with Crippen LogP contribution in [0.15, 0.2) is 30.6 Å². The van der Waals surface area contributed by atoms with Crippen molar-refractivity contribution in [2.45, 2.75) is 32.7 Å². The van der Waals surface area contributed by atoms with Crippen LogP contribution in [0, 0.1) is 5.92 Å². The fourth-order valence-electron chi connectivity index (χ4n) is 3.40. The van der Waals surface area contributed by atoms with Gasteiger partial charge in [-0.1, -0.05) is 6.92 Å². The maximum absolute atomic E-state index is 13.0. The van der Waals surface area contributed by atoms with E-state index in [1.54, 1.807) is 11.0 Å². The molecular formula is C20H23N5O4S. The number of nitrogens with two attached hydrogens (primary N) is 1. The zero-order valence-electron chi connectivity index (χ0n) is 16.7. The number of rotatable bonds is 4. The number of nitrogens with zero attached hydrogens (tertiary/aromatic N) is 2. The van der Waals surface area contributed by atoms with Gasteiger partial charge in [0.2, 0.25) is 11.8 Å². The van der Waals surface area contributed by atoms with Gasteiger partial charge in [0.05, 0.1) is 28.5 Å². The number of amides is 4. The number of carbonyl (C=O) groups is 4. The second-order valence-electron chi connectivity index (χ2n) is 7.32. The lowest BCUT2D eigenvalue weighted by Gasteiger charge is -2.37. The highest BCUT2D eigenvalue weighted by atomic mass is 32.1. The number of carbonyl (C=O) groups excluding carboxylic acids is 4. The smallest absolute Gasteiger partial charge is 0.313 e. The molecule has 1 aliphatic rings. The SMILES string of the molecule is CC(=O)Nc1ccc(C2CCC(C)CN2C(=O)C(=O)Nc2cncc(C(N)=O)c2)s1. The molecular weight excluding hydrogens is 406 g/mol. The third-order valence-electron chi connectivity index (χ3n) is 4.81. The van der Waals surface area contributed by atoms with E-state index in [2.05, 4.69) is 15.6 Å². The molecule has 1 saturated heterocycles. The van der Waals surface area contributed by atoms with Crippen LogP contribution < -0.4 is 16.4 Å². The van der Waals surface area contributed by atoms with Gasteiger partial charge in [0.15, 0.2) is 0 Å². The number of thiophene rings is 1. The molecule has 0 aromatic carbocycles. The molecule has 30 heavy (non-hydrogen) atoms. The molecule has 0 aliphatic carbocycles. The van der Waals surface area contributed by atoms with Crippen molar-refractivity contribution in [3.8, 4) is 0 Å². The second kappa shape index (κ2) is 9.04. The summed E-state index contributed by atoms with van der Waals surface area (Å²) in [6.07, 6.45) is 4.27. The minimum Gasteiger partial charge on any atom is -0.366 e. The van der Waals surface area contributed by atoms with Crippen LogP contribution in [-0.2, 0) is 14.4 Å². The maximum Gasteiger partial charge on any atom is 0.313 e. The number of hydrogen-bond donors (Lipinski definition) is 3. The molecule has 0 radical (unpaired) electrons. The Bertz CT molecular complexity index is 989. The van der Waals surface area contributed by atoms with Crippen LogP contribution in [0.3, 0.4) is 0 Å². The highest BCUT2D eigenvalue weighted by Gasteiger charge is 2.35. The molecule has 2 aromatic rings. The summed E-state index contributed by atoms with van der Waals surface area (Å²) in [5, 5.41) is 5.93. The normalized spacial score (nSPS) is 18.5. The summed E-state index contributed by atoms with van der Waals surface area (Å²) < 4.78 is 0. The Morgan fingerprint density at radius 2 is 1.93 bits per heavy atom. The van der Waals surface area contributed by atoms with Crippen molar-refractivity contribution in [3.05, 3.63) is 41.0 Å². The van der Waals surface area contributed by atoms with Crippen molar-refractivity contribution in [1.29, 1.82) is 0 Å². The maximum atomic E-state index is 13.0. The number of pyridine rings is 1. The van der Waals surface area contributed by atoms with Crippen LogP contribution in [0.2, 0.25) is 0 Å². The third-order valence-corrected chi connectivity index (χ3v) is 5.91. The largest absolute Gasteiger partial charge is 0.366 e. The Kier molecular flexibility index (Phi) is 6.46. The Hall–Kier alpha value is -3.27. The first-order valence-electron chi connectivity index (χ1n) is 9.48. The predicted octanol–water partition coefficient (Wildman–Crippen LogP) is 2.14. The molecule has 9 nitrogen and oxygen atoms in total. The fourth-order valence-corrected chi connectivity index (χ4v) is 4.51. The van der Waals surface area contributed by atoms with Crippen LogP contribution >= 0.6 is 11.3 Å². The summed E-state index contributed by atoms with van der Waals surface area (Å²) in [4.78, 5) is 54.5. The van der Waals surface area contributed by atoms with Crippen LogP contribution in [0.25, 0.3) is 0 Å². The number of likely N-dealkylation sites (tertiary alicyclic amines) is 1. The lowest BCUT2D eigenvalue weighted by Crippen LogP contribution is -2.46. The number of anilines is 2. The van der Waals surface area contributed by atoms with Crippen molar-refractivity contribution >= 4 is 45.7 Å². The molecule has 0 spiro atoms. The van der Waals surface area contributed by atoms with Gasteiger partial charge in [-0.3, -0.25) is 24.2 Å². The average molecular weight is 430 g/mol. The van der Waals surface area contributed by atoms with Gasteiger partial charge in [0.25, 0.3) is 0 Å². The Morgan fingerprint density at radius 3 is 2.63 bits per heavy atom. The monoisotopic (exact) mass is 429 g/mol. The first-order valence-corrected chi connectivity index (χ1v) is 10.3. The lowest BCUT2D eigenvalue weighted by molar-refractivity contribution is -0.146. The molecule has 1 aliphatic heterocycles. The molecule has 0 bridgehead atoms. The first kappa shape index (κ1) is 21.4. The summed E-state index contributed by atoms with van der Waals surface area (Å²) in [6.45, 7) is 3.92. The molecule has 4 N–H and O–H groups in total. The van der Waals surface area contributed by atoms with Gasteiger partial charge in [-0.2, -0.15) is 0 Å². The summed E-state index contributed by atoms with van der Waals surface area (Å²) in [7, 11) is 0. The van der Waals surface area contributed by atoms with Gasteiger partial charge in [-0.05, 0) is 37.0 Å². The minimum absolute atomic E-state index is 0.133. The summed E-state index contributed by atoms with van der Waals surface area (Å²) >= 11 is 1.39. The second-order valence-corrected chi connectivity index (χ2v) is 8.44. The topological polar surface area (TPSA) is 134 Å². The van der Waals surface area contributed by atoms with E-state index in [1.807, 2.05) is 13.0 Å². The van der Waals surface area contributed by atoms with Crippen molar-refractivity contribution in [2.24, 2.45) is 11.7 Å². The molecule has 2 aromatic heterocycles. The molecule has 2 atom stereocenters. The molecule has 158 valence electrons. The zero-order chi connectivity index (χ0) is 21.8. The van der Waals surface area contributed by atoms with E-state index in [-0.39, 0.29) is 29.1 Å². The van der Waals surface area contributed by atoms with E-state index in [9.17, 15) is 19.2 Å². The van der Waals surface area contributed by atoms with Crippen molar-refractivity contribution in [3.63, 3.8) is 0 Å². The quantitative estimate of drug-likeness (QED) is 0.640. The molecule has 1 fully saturated rings. The summed E-state index contributed by atoms with van der Waals surface area (Å²) in [5.74, 6) is -2.06. The standard InChI is InChI=1S/C20H23N5O4S/c1-11-3-4-15(16-5-6-17(30-16)23-12(2)26)25(10-11)20(29)19(28)24-14-7-13(18(21)27)8-22-9-14/h5-9,11,15H,3-4,10H2,1-2H3,(H2,21,27)(H,23,26)(H,24,28). The molecule has 3 rings (SSSR count). The Labute approximate surface area is 177 Å². The van der Waals surface area contributed by atoms with Crippen molar-refractivity contribution < 1.29 is 19.2 Å². The highest BCUT2D eigenvalue weighted by Crippen LogP contribution is 2.38. The number of nitrogens with one attached hydrogen (secondary N) is 2. The molecule has 3 heterocycles. The van der Waals surface area contributed by atoms with E-state index in [0.29, 0.717) is 11.5 Å².